The summed E-state index contributed by atoms with van der Waals surface area (Å²) in [6.45, 7) is 2.80. The molecule has 0 bridgehead atoms. The van der Waals surface area contributed by atoms with Crippen molar-refractivity contribution >= 4 is 37.3 Å². The molecule has 1 aliphatic heterocycles. The Bertz CT molecular complexity index is 1250. The summed E-state index contributed by atoms with van der Waals surface area (Å²) in [5, 5.41) is 13.3. The van der Waals surface area contributed by atoms with Crippen LogP contribution in [0.25, 0.3) is 0 Å². The number of nitrogens with one attached hydrogen (secondary N) is 2. The van der Waals surface area contributed by atoms with Crippen molar-refractivity contribution in [1.29, 1.82) is 0 Å². The molecule has 2 aromatic rings. The van der Waals surface area contributed by atoms with Gasteiger partial charge in [0.15, 0.2) is 0 Å². The predicted octanol–water partition coefficient (Wildman–Crippen LogP) is 2.32. The van der Waals surface area contributed by atoms with Gasteiger partial charge in [0.2, 0.25) is 26.0 Å². The summed E-state index contributed by atoms with van der Waals surface area (Å²) in [5.41, 5.74) is 0.150. The number of sulfonamides is 2. The molecule has 0 aromatic heterocycles. The van der Waals surface area contributed by atoms with Gasteiger partial charge in [0.25, 0.3) is 5.69 Å². The maximum absolute atomic E-state index is 12.8. The van der Waals surface area contributed by atoms with E-state index in [-0.39, 0.29) is 28.4 Å². The molecular weight excluding hydrogens is 484 g/mol. The first-order valence-electron chi connectivity index (χ1n) is 10.6. The number of hydrogen-bond donors (Lipinski definition) is 2. The maximum atomic E-state index is 12.8. The fourth-order valence-electron chi connectivity index (χ4n) is 3.58. The minimum atomic E-state index is -3.93. The van der Waals surface area contributed by atoms with Crippen LogP contribution in [0.1, 0.15) is 26.2 Å². The van der Waals surface area contributed by atoms with Crippen LogP contribution in [0.2, 0.25) is 0 Å². The molecule has 0 spiro atoms. The van der Waals surface area contributed by atoms with E-state index in [1.807, 2.05) is 6.92 Å². The minimum Gasteiger partial charge on any atom is -0.326 e. The first-order chi connectivity index (χ1) is 16.0. The highest BCUT2D eigenvalue weighted by Gasteiger charge is 2.28. The van der Waals surface area contributed by atoms with Crippen molar-refractivity contribution in [2.75, 3.05) is 25.0 Å². The number of rotatable bonds is 9. The molecule has 2 N–H and O–H groups in total. The van der Waals surface area contributed by atoms with Gasteiger partial charge in [0.1, 0.15) is 0 Å². The quantitative estimate of drug-likeness (QED) is 0.387. The number of anilines is 1. The van der Waals surface area contributed by atoms with Crippen molar-refractivity contribution in [3.63, 3.8) is 0 Å². The van der Waals surface area contributed by atoms with Gasteiger partial charge in [-0.05, 0) is 55.2 Å². The molecule has 184 valence electrons. The molecule has 3 rings (SSSR count). The zero-order valence-electron chi connectivity index (χ0n) is 18.5. The second kappa shape index (κ2) is 10.6. The van der Waals surface area contributed by atoms with Crippen LogP contribution in [0, 0.1) is 16.0 Å². The van der Waals surface area contributed by atoms with E-state index in [1.165, 1.54) is 28.6 Å². The molecule has 1 fully saturated rings. The SMILES string of the molecule is CC1CCCN(S(=O)(=O)c2ccc(NC(=O)CCNS(=O)(=O)c3ccc([N+](=O)[O-])cc3)cc2)C1. The molecule has 0 aliphatic carbocycles. The average Bonchev–Trinajstić information content (AvgIpc) is 2.79. The number of hydrogen-bond acceptors (Lipinski definition) is 7. The lowest BCUT2D eigenvalue weighted by Gasteiger charge is -2.30. The van der Waals surface area contributed by atoms with Gasteiger partial charge >= 0.3 is 0 Å². The lowest BCUT2D eigenvalue weighted by Crippen LogP contribution is -2.39. The van der Waals surface area contributed by atoms with E-state index in [1.54, 1.807) is 0 Å². The Morgan fingerprint density at radius 2 is 1.68 bits per heavy atom. The second-order valence-corrected chi connectivity index (χ2v) is 11.8. The van der Waals surface area contributed by atoms with E-state index in [4.69, 9.17) is 0 Å². The van der Waals surface area contributed by atoms with Crippen LogP contribution < -0.4 is 10.0 Å². The number of piperidine rings is 1. The van der Waals surface area contributed by atoms with Crippen LogP contribution in [-0.2, 0) is 24.8 Å². The summed E-state index contributed by atoms with van der Waals surface area (Å²) in [6.07, 6.45) is 1.65. The van der Waals surface area contributed by atoms with Gasteiger partial charge in [0, 0.05) is 43.9 Å². The van der Waals surface area contributed by atoms with E-state index < -0.39 is 30.9 Å². The van der Waals surface area contributed by atoms with Crippen molar-refractivity contribution in [2.45, 2.75) is 36.0 Å². The van der Waals surface area contributed by atoms with E-state index in [2.05, 4.69) is 10.0 Å². The molecule has 34 heavy (non-hydrogen) atoms. The van der Waals surface area contributed by atoms with Gasteiger partial charge in [-0.3, -0.25) is 14.9 Å². The Morgan fingerprint density at radius 1 is 1.06 bits per heavy atom. The Balaban J connectivity index is 1.52. The summed E-state index contributed by atoms with van der Waals surface area (Å²) in [6, 6.07) is 10.2. The number of carbonyl (C=O) groups is 1. The first-order valence-corrected chi connectivity index (χ1v) is 13.6. The molecule has 11 nitrogen and oxygen atoms in total. The van der Waals surface area contributed by atoms with Crippen molar-refractivity contribution in [1.82, 2.24) is 9.03 Å². The van der Waals surface area contributed by atoms with Gasteiger partial charge in [0.05, 0.1) is 14.7 Å². The standard InChI is InChI=1S/C21H26N4O7S2/c1-16-3-2-14-24(15-16)34(31,32)20-8-4-17(5-9-20)23-21(26)12-13-22-33(29,30)19-10-6-18(7-11-19)25(27)28/h4-11,16,22H,2-3,12-15H2,1H3,(H,23,26). The molecule has 13 heteroatoms. The van der Waals surface area contributed by atoms with Crippen molar-refractivity contribution in [3.8, 4) is 0 Å². The first kappa shape index (κ1) is 25.7. The molecule has 1 unspecified atom stereocenters. The number of nitro groups is 1. The fourth-order valence-corrected chi connectivity index (χ4v) is 6.21. The molecule has 1 aliphatic rings. The number of benzene rings is 2. The Hall–Kier alpha value is -2.87. The van der Waals surface area contributed by atoms with Crippen LogP contribution in [0.5, 0.6) is 0 Å². The molecule has 2 aromatic carbocycles. The Labute approximate surface area is 198 Å². The zero-order chi connectivity index (χ0) is 24.9. The highest BCUT2D eigenvalue weighted by Crippen LogP contribution is 2.24. The summed E-state index contributed by atoms with van der Waals surface area (Å²) in [7, 11) is -7.53. The van der Waals surface area contributed by atoms with E-state index in [0.29, 0.717) is 24.7 Å². The van der Waals surface area contributed by atoms with Gasteiger partial charge in [-0.25, -0.2) is 21.6 Å². The number of amides is 1. The molecular formula is C21H26N4O7S2. The number of nitro benzene ring substituents is 1. The normalized spacial score (nSPS) is 17.3. The Morgan fingerprint density at radius 3 is 2.26 bits per heavy atom. The molecule has 1 heterocycles. The van der Waals surface area contributed by atoms with Crippen LogP contribution >= 0.6 is 0 Å². The lowest BCUT2D eigenvalue weighted by atomic mass is 10.0. The minimum absolute atomic E-state index is 0.149. The summed E-state index contributed by atoms with van der Waals surface area (Å²) < 4.78 is 53.9. The number of non-ortho nitro benzene ring substituents is 1. The maximum Gasteiger partial charge on any atom is 0.269 e. The van der Waals surface area contributed by atoms with Crippen molar-refractivity contribution < 1.29 is 26.6 Å². The van der Waals surface area contributed by atoms with Crippen LogP contribution in [0.3, 0.4) is 0 Å². The summed E-state index contributed by atoms with van der Waals surface area (Å²) in [5.74, 6) is -0.160. The molecule has 0 radical (unpaired) electrons. The highest BCUT2D eigenvalue weighted by atomic mass is 32.2. The second-order valence-electron chi connectivity index (χ2n) is 8.08. The number of carbonyl (C=O) groups excluding carboxylic acids is 1. The smallest absolute Gasteiger partial charge is 0.269 e. The molecule has 0 saturated carbocycles. The largest absolute Gasteiger partial charge is 0.326 e. The topological polar surface area (TPSA) is 156 Å². The molecule has 1 saturated heterocycles. The van der Waals surface area contributed by atoms with Crippen LogP contribution in [0.4, 0.5) is 11.4 Å². The Kier molecular flexibility index (Phi) is 8.02. The number of nitrogens with zero attached hydrogens (tertiary/aromatic N) is 2. The van der Waals surface area contributed by atoms with Crippen LogP contribution in [-0.4, -0.2) is 51.6 Å². The average molecular weight is 511 g/mol. The van der Waals surface area contributed by atoms with Crippen LogP contribution in [0.15, 0.2) is 58.3 Å². The van der Waals surface area contributed by atoms with Gasteiger partial charge in [-0.1, -0.05) is 6.92 Å². The van der Waals surface area contributed by atoms with E-state index >= 15 is 0 Å². The van der Waals surface area contributed by atoms with E-state index in [9.17, 15) is 31.7 Å². The van der Waals surface area contributed by atoms with Gasteiger partial charge in [-0.2, -0.15) is 4.31 Å². The zero-order valence-corrected chi connectivity index (χ0v) is 20.1. The highest BCUT2D eigenvalue weighted by molar-refractivity contribution is 7.89. The predicted molar refractivity (Wildman–Crippen MR) is 125 cm³/mol. The molecule has 1 amide bonds. The third-order valence-electron chi connectivity index (χ3n) is 5.40. The van der Waals surface area contributed by atoms with Gasteiger partial charge in [-0.15, -0.1) is 0 Å². The third kappa shape index (κ3) is 6.38. The van der Waals surface area contributed by atoms with Gasteiger partial charge < -0.3 is 5.32 Å². The monoisotopic (exact) mass is 510 g/mol. The third-order valence-corrected chi connectivity index (χ3v) is 8.75. The molecule has 1 atom stereocenters. The lowest BCUT2D eigenvalue weighted by molar-refractivity contribution is -0.384. The summed E-state index contributed by atoms with van der Waals surface area (Å²) >= 11 is 0. The summed E-state index contributed by atoms with van der Waals surface area (Å²) in [4.78, 5) is 22.2. The van der Waals surface area contributed by atoms with E-state index in [0.717, 1.165) is 37.1 Å². The van der Waals surface area contributed by atoms with Crippen molar-refractivity contribution in [2.24, 2.45) is 5.92 Å². The van der Waals surface area contributed by atoms with Crippen molar-refractivity contribution in [3.05, 3.63) is 58.6 Å². The fraction of sp³-hybridized carbons (Fsp3) is 0.381.